The van der Waals surface area contributed by atoms with E-state index in [1.54, 1.807) is 35.2 Å². The number of nitrogens with one attached hydrogen (secondary N) is 1. The van der Waals surface area contributed by atoms with E-state index < -0.39 is 6.04 Å². The van der Waals surface area contributed by atoms with Crippen LogP contribution in [-0.2, 0) is 4.79 Å². The van der Waals surface area contributed by atoms with Crippen molar-refractivity contribution in [3.05, 3.63) is 54.5 Å². The van der Waals surface area contributed by atoms with Crippen LogP contribution in [0.3, 0.4) is 0 Å². The molecule has 148 valence electrons. The predicted octanol–water partition coefficient (Wildman–Crippen LogP) is 1.31. The van der Waals surface area contributed by atoms with Crippen molar-refractivity contribution in [1.29, 1.82) is 0 Å². The summed E-state index contributed by atoms with van der Waals surface area (Å²) < 4.78 is 6.52. The maximum atomic E-state index is 12.9. The van der Waals surface area contributed by atoms with E-state index in [-0.39, 0.29) is 11.8 Å². The molecule has 1 aliphatic heterocycles. The number of tetrazole rings is 1. The summed E-state index contributed by atoms with van der Waals surface area (Å²) in [6.07, 6.45) is 4.30. The summed E-state index contributed by atoms with van der Waals surface area (Å²) >= 11 is 0. The van der Waals surface area contributed by atoms with Crippen LogP contribution in [0.25, 0.3) is 5.69 Å². The molecule has 1 N–H and O–H groups in total. The number of anilines is 1. The monoisotopic (exact) mass is 393 g/mol. The number of rotatable bonds is 5. The van der Waals surface area contributed by atoms with Gasteiger partial charge < -0.3 is 15.0 Å². The maximum Gasteiger partial charge on any atom is 0.256 e. The van der Waals surface area contributed by atoms with Gasteiger partial charge in [-0.2, -0.15) is 0 Å². The first-order valence-electron chi connectivity index (χ1n) is 9.11. The molecular weight excluding hydrogens is 374 g/mol. The van der Waals surface area contributed by atoms with Gasteiger partial charge in [0.05, 0.1) is 18.4 Å². The normalized spacial score (nSPS) is 15.9. The number of benzene rings is 1. The number of hydrogen-bond acceptors (Lipinski definition) is 7. The molecule has 3 heterocycles. The van der Waals surface area contributed by atoms with Gasteiger partial charge in [-0.05, 0) is 47.5 Å². The molecule has 10 heteroatoms. The van der Waals surface area contributed by atoms with Gasteiger partial charge >= 0.3 is 0 Å². The molecule has 10 nitrogen and oxygen atoms in total. The Morgan fingerprint density at radius 1 is 1.24 bits per heavy atom. The summed E-state index contributed by atoms with van der Waals surface area (Å²) in [5.41, 5.74) is 1.75. The quantitative estimate of drug-likeness (QED) is 0.695. The number of methoxy groups -OCH3 is 1. The fraction of sp³-hybridized carbons (Fsp3) is 0.263. The SMILES string of the molecule is COc1ccc(C(=O)N2CCC[C@H]2C(=O)Nc2cccc(-n3cnnn3)c2)cn1. The second kappa shape index (κ2) is 8.05. The summed E-state index contributed by atoms with van der Waals surface area (Å²) in [4.78, 5) is 31.4. The first-order valence-corrected chi connectivity index (χ1v) is 9.11. The smallest absolute Gasteiger partial charge is 0.256 e. The van der Waals surface area contributed by atoms with Crippen molar-refractivity contribution in [2.24, 2.45) is 0 Å². The molecule has 2 amide bonds. The minimum Gasteiger partial charge on any atom is -0.481 e. The molecule has 1 saturated heterocycles. The van der Waals surface area contributed by atoms with Gasteiger partial charge in [-0.1, -0.05) is 6.07 Å². The molecule has 1 atom stereocenters. The van der Waals surface area contributed by atoms with Crippen molar-refractivity contribution in [2.75, 3.05) is 19.0 Å². The third-order valence-corrected chi connectivity index (χ3v) is 4.74. The van der Waals surface area contributed by atoms with E-state index in [4.69, 9.17) is 4.74 Å². The standard InChI is InChI=1S/C19H19N7O3/c1-29-17-8-7-13(11-20-17)19(28)25-9-3-6-16(25)18(27)22-14-4-2-5-15(10-14)26-12-21-23-24-26/h2,4-5,7-8,10-12,16H,3,6,9H2,1H3,(H,22,27)/t16-/m0/s1. The van der Waals surface area contributed by atoms with E-state index in [1.165, 1.54) is 24.3 Å². The number of hydrogen-bond donors (Lipinski definition) is 1. The van der Waals surface area contributed by atoms with E-state index in [2.05, 4.69) is 25.8 Å². The fourth-order valence-corrected chi connectivity index (χ4v) is 3.31. The van der Waals surface area contributed by atoms with Crippen LogP contribution in [0.2, 0.25) is 0 Å². The lowest BCUT2D eigenvalue weighted by Gasteiger charge is -2.24. The molecule has 0 unspecified atom stereocenters. The van der Waals surface area contributed by atoms with Crippen molar-refractivity contribution in [3.63, 3.8) is 0 Å². The minimum atomic E-state index is -0.540. The zero-order valence-corrected chi connectivity index (χ0v) is 15.7. The van der Waals surface area contributed by atoms with Crippen LogP contribution in [0.4, 0.5) is 5.69 Å². The van der Waals surface area contributed by atoms with Crippen LogP contribution >= 0.6 is 0 Å². The lowest BCUT2D eigenvalue weighted by molar-refractivity contribution is -0.119. The largest absolute Gasteiger partial charge is 0.481 e. The number of likely N-dealkylation sites (tertiary alicyclic amines) is 1. The van der Waals surface area contributed by atoms with Crippen LogP contribution in [0.15, 0.2) is 48.9 Å². The van der Waals surface area contributed by atoms with Crippen molar-refractivity contribution in [3.8, 4) is 11.6 Å². The van der Waals surface area contributed by atoms with Crippen LogP contribution in [-0.4, -0.2) is 61.6 Å². The molecule has 1 aromatic carbocycles. The van der Waals surface area contributed by atoms with Crippen molar-refractivity contribution in [2.45, 2.75) is 18.9 Å². The third-order valence-electron chi connectivity index (χ3n) is 4.74. The molecule has 2 aromatic heterocycles. The van der Waals surface area contributed by atoms with E-state index in [9.17, 15) is 9.59 Å². The Hall–Kier alpha value is -3.82. The molecule has 0 aliphatic carbocycles. The second-order valence-electron chi connectivity index (χ2n) is 6.54. The van der Waals surface area contributed by atoms with E-state index in [0.717, 1.165) is 12.1 Å². The Kier molecular flexibility index (Phi) is 5.14. The number of carbonyl (C=O) groups is 2. The Labute approximate surface area is 166 Å². The Morgan fingerprint density at radius 3 is 2.86 bits per heavy atom. The van der Waals surface area contributed by atoms with Gasteiger partial charge in [-0.25, -0.2) is 9.67 Å². The van der Waals surface area contributed by atoms with Gasteiger partial charge in [0.15, 0.2) is 0 Å². The van der Waals surface area contributed by atoms with Crippen molar-refractivity contribution < 1.29 is 14.3 Å². The summed E-state index contributed by atoms with van der Waals surface area (Å²) in [6, 6.07) is 9.91. The van der Waals surface area contributed by atoms with Gasteiger partial charge in [0.25, 0.3) is 5.91 Å². The molecule has 0 spiro atoms. The highest BCUT2D eigenvalue weighted by Gasteiger charge is 2.34. The highest BCUT2D eigenvalue weighted by molar-refractivity contribution is 6.01. The van der Waals surface area contributed by atoms with Crippen LogP contribution in [0.5, 0.6) is 5.88 Å². The third kappa shape index (κ3) is 3.91. The first-order chi connectivity index (χ1) is 14.2. The van der Waals surface area contributed by atoms with Gasteiger partial charge in [-0.3, -0.25) is 9.59 Å². The van der Waals surface area contributed by atoms with E-state index >= 15 is 0 Å². The second-order valence-corrected chi connectivity index (χ2v) is 6.54. The minimum absolute atomic E-state index is 0.222. The molecule has 29 heavy (non-hydrogen) atoms. The predicted molar refractivity (Wildman–Crippen MR) is 103 cm³/mol. The number of pyridine rings is 1. The van der Waals surface area contributed by atoms with Crippen molar-refractivity contribution >= 4 is 17.5 Å². The molecule has 1 aliphatic rings. The lowest BCUT2D eigenvalue weighted by Crippen LogP contribution is -2.43. The summed E-state index contributed by atoms with van der Waals surface area (Å²) in [7, 11) is 1.51. The number of carbonyl (C=O) groups excluding carboxylic acids is 2. The first kappa shape index (κ1) is 18.5. The molecule has 1 fully saturated rings. The molecular formula is C19H19N7O3. The zero-order valence-electron chi connectivity index (χ0n) is 15.7. The number of amides is 2. The molecule has 0 saturated carbocycles. The number of aromatic nitrogens is 5. The van der Waals surface area contributed by atoms with E-state index in [0.29, 0.717) is 30.1 Å². The van der Waals surface area contributed by atoms with Crippen LogP contribution in [0.1, 0.15) is 23.2 Å². The number of nitrogens with zero attached hydrogens (tertiary/aromatic N) is 6. The summed E-state index contributed by atoms with van der Waals surface area (Å²) in [5, 5.41) is 13.9. The van der Waals surface area contributed by atoms with Crippen LogP contribution in [0, 0.1) is 0 Å². The van der Waals surface area contributed by atoms with Crippen molar-refractivity contribution in [1.82, 2.24) is 30.1 Å². The molecule has 3 aromatic rings. The average molecular weight is 393 g/mol. The molecule has 0 bridgehead atoms. The maximum absolute atomic E-state index is 12.9. The van der Waals surface area contributed by atoms with Gasteiger partial charge in [0, 0.05) is 24.5 Å². The highest BCUT2D eigenvalue weighted by atomic mass is 16.5. The Balaban J connectivity index is 1.48. The van der Waals surface area contributed by atoms with Gasteiger partial charge in [0.1, 0.15) is 12.4 Å². The topological polar surface area (TPSA) is 115 Å². The summed E-state index contributed by atoms with van der Waals surface area (Å²) in [6.45, 7) is 0.521. The molecule has 0 radical (unpaired) electrons. The Morgan fingerprint density at radius 2 is 2.14 bits per heavy atom. The highest BCUT2D eigenvalue weighted by Crippen LogP contribution is 2.23. The Bertz CT molecular complexity index is 1000. The zero-order chi connectivity index (χ0) is 20.2. The number of ether oxygens (including phenoxy) is 1. The van der Waals surface area contributed by atoms with Gasteiger partial charge in [0.2, 0.25) is 11.8 Å². The fourth-order valence-electron chi connectivity index (χ4n) is 3.31. The lowest BCUT2D eigenvalue weighted by atomic mass is 10.1. The van der Waals surface area contributed by atoms with Crippen LogP contribution < -0.4 is 10.1 Å². The molecule has 4 rings (SSSR count). The van der Waals surface area contributed by atoms with Gasteiger partial charge in [-0.15, -0.1) is 5.10 Å². The summed E-state index contributed by atoms with van der Waals surface area (Å²) in [5.74, 6) is -0.0221. The van der Waals surface area contributed by atoms with E-state index in [1.807, 2.05) is 6.07 Å². The average Bonchev–Trinajstić information content (AvgIpc) is 3.45.